The highest BCUT2D eigenvalue weighted by atomic mass is 19.4. The van der Waals surface area contributed by atoms with Crippen LogP contribution in [-0.4, -0.2) is 56.1 Å². The second-order valence-corrected chi connectivity index (χ2v) is 8.03. The van der Waals surface area contributed by atoms with Crippen molar-refractivity contribution in [3.63, 3.8) is 0 Å². The third kappa shape index (κ3) is 6.11. The molecule has 10 nitrogen and oxygen atoms in total. The third-order valence-electron chi connectivity index (χ3n) is 5.64. The number of nitrogens with zero attached hydrogens (tertiary/aromatic N) is 5. The van der Waals surface area contributed by atoms with Gasteiger partial charge < -0.3 is 15.7 Å². The summed E-state index contributed by atoms with van der Waals surface area (Å²) in [6.07, 6.45) is -3.76. The Kier molecular flexibility index (Phi) is 8.40. The van der Waals surface area contributed by atoms with E-state index in [-0.39, 0.29) is 18.0 Å². The van der Waals surface area contributed by atoms with E-state index in [2.05, 4.69) is 10.1 Å². The molecule has 1 unspecified atom stereocenters. The summed E-state index contributed by atoms with van der Waals surface area (Å²) in [5.41, 5.74) is 7.20. The second kappa shape index (κ2) is 11.3. The number of benzene rings is 1. The van der Waals surface area contributed by atoms with Gasteiger partial charge >= 0.3 is 17.8 Å². The fourth-order valence-corrected chi connectivity index (χ4v) is 3.68. The highest BCUT2D eigenvalue weighted by Gasteiger charge is 2.38. The van der Waals surface area contributed by atoms with Crippen molar-refractivity contribution in [2.75, 3.05) is 18.5 Å². The zero-order valence-electron chi connectivity index (χ0n) is 19.7. The molecule has 0 aliphatic carbocycles. The van der Waals surface area contributed by atoms with Gasteiger partial charge in [-0.3, -0.25) is 9.78 Å². The predicted octanol–water partition coefficient (Wildman–Crippen LogP) is 2.47. The number of carbonyl (C=O) groups is 2. The summed E-state index contributed by atoms with van der Waals surface area (Å²) in [5, 5.41) is 11.0. The minimum atomic E-state index is -5.08. The molecule has 0 bridgehead atoms. The van der Waals surface area contributed by atoms with Crippen LogP contribution in [0, 0.1) is 0 Å². The zero-order valence-corrected chi connectivity index (χ0v) is 19.7. The number of likely N-dealkylation sites (N-methyl/N-ethyl adjacent to an activating group) is 1. The normalized spacial score (nSPS) is 14.9. The lowest BCUT2D eigenvalue weighted by molar-refractivity contribution is -0.192. The Labute approximate surface area is 211 Å². The van der Waals surface area contributed by atoms with Crippen LogP contribution in [-0.2, 0) is 22.6 Å². The molecule has 1 aliphatic rings. The van der Waals surface area contributed by atoms with E-state index >= 15 is 0 Å². The number of amides is 1. The van der Waals surface area contributed by atoms with E-state index in [1.165, 1.54) is 17.1 Å². The smallest absolute Gasteiger partial charge is 0.475 e. The van der Waals surface area contributed by atoms with E-state index < -0.39 is 36.4 Å². The van der Waals surface area contributed by atoms with Crippen molar-refractivity contribution in [3.05, 3.63) is 82.3 Å². The molecule has 0 saturated heterocycles. The Balaban J connectivity index is 0.000000505. The van der Waals surface area contributed by atoms with Gasteiger partial charge in [-0.2, -0.15) is 27.1 Å². The molecule has 0 radical (unpaired) electrons. The number of carbonyl (C=O) groups excluding carboxylic acids is 1. The van der Waals surface area contributed by atoms with Crippen LogP contribution in [0.2, 0.25) is 0 Å². The lowest BCUT2D eigenvalue weighted by Gasteiger charge is -2.31. The molecule has 0 fully saturated rings. The van der Waals surface area contributed by atoms with E-state index in [1.807, 2.05) is 24.3 Å². The van der Waals surface area contributed by atoms with Gasteiger partial charge in [0.1, 0.15) is 6.33 Å². The zero-order chi connectivity index (χ0) is 28.2. The van der Waals surface area contributed by atoms with E-state index in [0.29, 0.717) is 17.8 Å². The quantitative estimate of drug-likeness (QED) is 0.475. The maximum absolute atomic E-state index is 12.9. The Bertz CT molecular complexity index is 1430. The molecule has 3 aromatic rings. The van der Waals surface area contributed by atoms with Gasteiger partial charge in [0.25, 0.3) is 6.08 Å². The summed E-state index contributed by atoms with van der Waals surface area (Å²) < 4.78 is 59.6. The lowest BCUT2D eigenvalue weighted by Crippen LogP contribution is -2.37. The van der Waals surface area contributed by atoms with E-state index in [1.54, 1.807) is 24.1 Å². The van der Waals surface area contributed by atoms with Gasteiger partial charge in [0, 0.05) is 31.0 Å². The van der Waals surface area contributed by atoms with Crippen LogP contribution < -0.4 is 16.3 Å². The van der Waals surface area contributed by atoms with E-state index in [9.17, 15) is 31.5 Å². The first-order valence-corrected chi connectivity index (χ1v) is 10.8. The predicted molar refractivity (Wildman–Crippen MR) is 124 cm³/mol. The van der Waals surface area contributed by atoms with Crippen molar-refractivity contribution in [2.24, 2.45) is 5.73 Å². The number of aromatic nitrogens is 4. The molecule has 4 rings (SSSR count). The number of alkyl halides is 3. The average molecular weight is 540 g/mol. The molecule has 0 saturated carbocycles. The Morgan fingerprint density at radius 3 is 2.45 bits per heavy atom. The summed E-state index contributed by atoms with van der Waals surface area (Å²) in [6, 6.07) is 10.9. The second-order valence-electron chi connectivity index (χ2n) is 8.03. The van der Waals surface area contributed by atoms with Crippen molar-refractivity contribution in [2.45, 2.75) is 25.1 Å². The molecule has 2 aromatic heterocycles. The van der Waals surface area contributed by atoms with Crippen LogP contribution in [0.15, 0.2) is 65.4 Å². The van der Waals surface area contributed by atoms with Crippen LogP contribution in [0.4, 0.5) is 27.6 Å². The number of pyridine rings is 1. The standard InChI is InChI=1S/C21H20F2N6O2.C2HF3O2/c1-27-18-5-3-2-4-13(18)8-16(20(27)30)17-9-15(6-7-25-17)28-12-26-29(21(28)31)11-14(10-24)19(22)23;3-2(4,5)1(6)7/h2-7,9,12,16H,8,10-11,24H2,1H3;(H,6,7). The van der Waals surface area contributed by atoms with Crippen molar-refractivity contribution in [3.8, 4) is 5.69 Å². The summed E-state index contributed by atoms with van der Waals surface area (Å²) in [5.74, 6) is -3.35. The van der Waals surface area contributed by atoms with Crippen molar-refractivity contribution in [1.82, 2.24) is 19.3 Å². The monoisotopic (exact) mass is 540 g/mol. The minimum absolute atomic E-state index is 0.0949. The number of rotatable bonds is 5. The van der Waals surface area contributed by atoms with Gasteiger partial charge in [0.2, 0.25) is 5.91 Å². The Morgan fingerprint density at radius 1 is 1.18 bits per heavy atom. The van der Waals surface area contributed by atoms with Gasteiger partial charge in [-0.1, -0.05) is 18.2 Å². The summed E-state index contributed by atoms with van der Waals surface area (Å²) in [7, 11) is 1.72. The fraction of sp³-hybridized carbons (Fsp3) is 0.261. The Hall–Kier alpha value is -4.40. The average Bonchev–Trinajstić information content (AvgIpc) is 3.24. The van der Waals surface area contributed by atoms with Crippen molar-refractivity contribution < 1.29 is 36.6 Å². The third-order valence-corrected chi connectivity index (χ3v) is 5.64. The molecule has 0 spiro atoms. The van der Waals surface area contributed by atoms with Crippen molar-refractivity contribution in [1.29, 1.82) is 0 Å². The van der Waals surface area contributed by atoms with Crippen molar-refractivity contribution >= 4 is 17.6 Å². The van der Waals surface area contributed by atoms with Crippen LogP contribution in [0.5, 0.6) is 0 Å². The first-order valence-electron chi connectivity index (χ1n) is 10.8. The van der Waals surface area contributed by atoms with Gasteiger partial charge in [-0.15, -0.1) is 0 Å². The molecule has 1 aromatic carbocycles. The molecule has 1 atom stereocenters. The number of carboxylic acids is 1. The maximum atomic E-state index is 12.9. The van der Waals surface area contributed by atoms with Crippen LogP contribution in [0.25, 0.3) is 5.69 Å². The van der Waals surface area contributed by atoms with Gasteiger partial charge in [-0.25, -0.2) is 18.8 Å². The molecule has 15 heteroatoms. The summed E-state index contributed by atoms with van der Waals surface area (Å²) in [6.45, 7) is -0.773. The molecule has 1 amide bonds. The highest BCUT2D eigenvalue weighted by Crippen LogP contribution is 2.34. The molecule has 38 heavy (non-hydrogen) atoms. The highest BCUT2D eigenvalue weighted by molar-refractivity contribution is 6.00. The molecule has 202 valence electrons. The number of halogens is 5. The van der Waals surface area contributed by atoms with E-state index in [4.69, 9.17) is 15.6 Å². The first-order chi connectivity index (χ1) is 17.8. The number of hydrogen-bond acceptors (Lipinski definition) is 6. The largest absolute Gasteiger partial charge is 0.490 e. The molecule has 3 heterocycles. The number of para-hydroxylation sites is 1. The summed E-state index contributed by atoms with van der Waals surface area (Å²) in [4.78, 5) is 40.5. The first kappa shape index (κ1) is 28.2. The van der Waals surface area contributed by atoms with Crippen LogP contribution >= 0.6 is 0 Å². The number of hydrogen-bond donors (Lipinski definition) is 2. The fourth-order valence-electron chi connectivity index (χ4n) is 3.68. The molecular weight excluding hydrogens is 519 g/mol. The number of carboxylic acid groups (broad SMARTS) is 1. The minimum Gasteiger partial charge on any atom is -0.475 e. The van der Waals surface area contributed by atoms with Gasteiger partial charge in [0.05, 0.1) is 23.8 Å². The lowest BCUT2D eigenvalue weighted by atomic mass is 9.89. The molecule has 1 aliphatic heterocycles. The topological polar surface area (TPSA) is 136 Å². The van der Waals surface area contributed by atoms with E-state index in [0.717, 1.165) is 15.9 Å². The number of nitrogens with two attached hydrogens (primary N) is 1. The Morgan fingerprint density at radius 2 is 1.84 bits per heavy atom. The number of fused-ring (bicyclic) bond motifs is 1. The summed E-state index contributed by atoms with van der Waals surface area (Å²) >= 11 is 0. The molecular formula is C23H21F5N6O4. The van der Waals surface area contributed by atoms with Crippen LogP contribution in [0.1, 0.15) is 17.2 Å². The van der Waals surface area contributed by atoms with Gasteiger partial charge in [-0.05, 0) is 30.2 Å². The number of aliphatic carboxylic acids is 1. The SMILES string of the molecule is CN1C(=O)C(c2cc(-n3cnn(CC(CN)=C(F)F)c3=O)ccn2)Cc2ccccc21.O=C(O)C(F)(F)F. The molecule has 3 N–H and O–H groups in total. The van der Waals surface area contributed by atoms with Crippen LogP contribution in [0.3, 0.4) is 0 Å². The van der Waals surface area contributed by atoms with Gasteiger partial charge in [0.15, 0.2) is 0 Å². The maximum Gasteiger partial charge on any atom is 0.490 e. The number of anilines is 1.